The third-order valence-corrected chi connectivity index (χ3v) is 4.66. The van der Waals surface area contributed by atoms with Gasteiger partial charge in [0.2, 0.25) is 0 Å². The molecule has 0 spiro atoms. The van der Waals surface area contributed by atoms with Gasteiger partial charge in [-0.15, -0.1) is 0 Å². The number of anilines is 1. The lowest BCUT2D eigenvalue weighted by molar-refractivity contribution is -0.124. The Bertz CT molecular complexity index is 744. The fourth-order valence-electron chi connectivity index (χ4n) is 3.04. The molecule has 3 nitrogen and oxygen atoms in total. The van der Waals surface area contributed by atoms with Gasteiger partial charge in [0.1, 0.15) is 5.75 Å². The zero-order valence-electron chi connectivity index (χ0n) is 13.5. The first-order chi connectivity index (χ1) is 11.0. The summed E-state index contributed by atoms with van der Waals surface area (Å²) in [5.41, 5.74) is 3.14. The van der Waals surface area contributed by atoms with Crippen molar-refractivity contribution >= 4 is 23.2 Å². The summed E-state index contributed by atoms with van der Waals surface area (Å²) in [6.45, 7) is 5.78. The van der Waals surface area contributed by atoms with Gasteiger partial charge in [-0.05, 0) is 62.6 Å². The molecule has 0 aromatic heterocycles. The van der Waals surface area contributed by atoms with Crippen LogP contribution in [0.2, 0.25) is 5.02 Å². The number of ether oxygens (including phenoxy) is 1. The Morgan fingerprint density at radius 3 is 2.78 bits per heavy atom. The van der Waals surface area contributed by atoms with Gasteiger partial charge < -0.3 is 9.64 Å². The van der Waals surface area contributed by atoms with E-state index in [0.29, 0.717) is 10.8 Å². The summed E-state index contributed by atoms with van der Waals surface area (Å²) in [5.74, 6) is 0.642. The van der Waals surface area contributed by atoms with E-state index in [4.69, 9.17) is 16.3 Å². The third-order valence-electron chi connectivity index (χ3n) is 4.23. The molecule has 1 aliphatic heterocycles. The Morgan fingerprint density at radius 1 is 1.30 bits per heavy atom. The van der Waals surface area contributed by atoms with Gasteiger partial charge in [-0.25, -0.2) is 0 Å². The highest BCUT2D eigenvalue weighted by Gasteiger charge is 2.33. The average Bonchev–Trinajstić information content (AvgIpc) is 2.86. The second kappa shape index (κ2) is 6.25. The number of fused-ring (bicyclic) bond motifs is 1. The second-order valence-electron chi connectivity index (χ2n) is 6.06. The molecule has 23 heavy (non-hydrogen) atoms. The molecule has 0 bridgehead atoms. The van der Waals surface area contributed by atoms with Gasteiger partial charge in [0.15, 0.2) is 6.10 Å². The fourth-order valence-corrected chi connectivity index (χ4v) is 3.16. The van der Waals surface area contributed by atoms with Gasteiger partial charge in [0.25, 0.3) is 5.91 Å². The van der Waals surface area contributed by atoms with Gasteiger partial charge in [-0.3, -0.25) is 4.79 Å². The molecule has 2 atom stereocenters. The summed E-state index contributed by atoms with van der Waals surface area (Å²) in [6, 6.07) is 13.6. The van der Waals surface area contributed by atoms with Crippen molar-refractivity contribution in [2.45, 2.75) is 39.3 Å². The maximum absolute atomic E-state index is 12.8. The molecule has 2 aromatic carbocycles. The quantitative estimate of drug-likeness (QED) is 0.835. The topological polar surface area (TPSA) is 29.5 Å². The van der Waals surface area contributed by atoms with E-state index in [-0.39, 0.29) is 11.9 Å². The van der Waals surface area contributed by atoms with Crippen molar-refractivity contribution in [2.24, 2.45) is 0 Å². The maximum Gasteiger partial charge on any atom is 0.268 e. The van der Waals surface area contributed by atoms with Gasteiger partial charge >= 0.3 is 0 Å². The number of para-hydroxylation sites is 1. The first-order valence-corrected chi connectivity index (χ1v) is 8.19. The van der Waals surface area contributed by atoms with Crippen molar-refractivity contribution in [1.82, 2.24) is 0 Å². The zero-order valence-corrected chi connectivity index (χ0v) is 14.3. The summed E-state index contributed by atoms with van der Waals surface area (Å²) >= 11 is 6.03. The number of benzene rings is 2. The minimum Gasteiger partial charge on any atom is -0.481 e. The molecule has 0 saturated heterocycles. The Kier molecular flexibility index (Phi) is 4.31. The van der Waals surface area contributed by atoms with E-state index < -0.39 is 6.10 Å². The molecule has 1 aliphatic rings. The van der Waals surface area contributed by atoms with Crippen molar-refractivity contribution in [3.63, 3.8) is 0 Å². The van der Waals surface area contributed by atoms with Crippen LogP contribution >= 0.6 is 11.6 Å². The van der Waals surface area contributed by atoms with Crippen LogP contribution in [0, 0.1) is 6.92 Å². The van der Waals surface area contributed by atoms with Crippen molar-refractivity contribution in [2.75, 3.05) is 4.90 Å². The van der Waals surface area contributed by atoms with Gasteiger partial charge in [-0.1, -0.05) is 29.8 Å². The van der Waals surface area contributed by atoms with Crippen molar-refractivity contribution < 1.29 is 9.53 Å². The molecule has 1 amide bonds. The molecule has 0 unspecified atom stereocenters. The van der Waals surface area contributed by atoms with E-state index in [1.165, 1.54) is 5.56 Å². The smallest absolute Gasteiger partial charge is 0.268 e. The first kappa shape index (κ1) is 15.9. The highest BCUT2D eigenvalue weighted by atomic mass is 35.5. The number of nitrogens with zero attached hydrogens (tertiary/aromatic N) is 1. The number of aryl methyl sites for hydroxylation is 1. The number of halogens is 1. The van der Waals surface area contributed by atoms with Crippen molar-refractivity contribution in [3.05, 3.63) is 58.6 Å². The number of hydrogen-bond donors (Lipinski definition) is 0. The van der Waals surface area contributed by atoms with Crippen LogP contribution in [0.25, 0.3) is 0 Å². The van der Waals surface area contributed by atoms with Gasteiger partial charge in [0, 0.05) is 16.8 Å². The molecule has 4 heteroatoms. The van der Waals surface area contributed by atoms with Crippen molar-refractivity contribution in [1.29, 1.82) is 0 Å². The lowest BCUT2D eigenvalue weighted by atomic mass is 10.1. The van der Waals surface area contributed by atoms with E-state index in [0.717, 1.165) is 17.7 Å². The Balaban J connectivity index is 1.78. The van der Waals surface area contributed by atoms with Crippen LogP contribution < -0.4 is 9.64 Å². The van der Waals surface area contributed by atoms with Crippen LogP contribution in [0.1, 0.15) is 25.0 Å². The SMILES string of the molecule is Cc1cc(O[C@H](C)C(=O)N2c3ccccc3C[C@@H]2C)ccc1Cl. The van der Waals surface area contributed by atoms with E-state index >= 15 is 0 Å². The minimum atomic E-state index is -0.552. The number of rotatable bonds is 3. The normalized spacial score (nSPS) is 17.7. The lowest BCUT2D eigenvalue weighted by Gasteiger charge is -2.26. The molecule has 3 rings (SSSR count). The van der Waals surface area contributed by atoms with Crippen molar-refractivity contribution in [3.8, 4) is 5.75 Å². The summed E-state index contributed by atoms with van der Waals surface area (Å²) in [4.78, 5) is 14.7. The van der Waals surface area contributed by atoms with E-state index in [2.05, 4.69) is 13.0 Å². The Hall–Kier alpha value is -2.00. The van der Waals surface area contributed by atoms with Crippen LogP contribution in [-0.4, -0.2) is 18.1 Å². The van der Waals surface area contributed by atoms with Crippen LogP contribution in [0.15, 0.2) is 42.5 Å². The minimum absolute atomic E-state index is 0.0185. The molecular weight excluding hydrogens is 310 g/mol. The number of amides is 1. The number of hydrogen-bond acceptors (Lipinski definition) is 2. The van der Waals surface area contributed by atoms with Crippen LogP contribution in [0.4, 0.5) is 5.69 Å². The summed E-state index contributed by atoms with van der Waals surface area (Å²) in [6.07, 6.45) is 0.332. The standard InChI is InChI=1S/C19H20ClNO2/c1-12-10-16(8-9-17(12)20)23-14(3)19(22)21-13(2)11-15-6-4-5-7-18(15)21/h4-10,13-14H,11H2,1-3H3/t13-,14+/m0/s1. The van der Waals surface area contributed by atoms with Crippen LogP contribution in [-0.2, 0) is 11.2 Å². The van der Waals surface area contributed by atoms with E-state index in [1.54, 1.807) is 19.1 Å². The summed E-state index contributed by atoms with van der Waals surface area (Å²) in [5, 5.41) is 0.693. The van der Waals surface area contributed by atoms with E-state index in [9.17, 15) is 4.79 Å². The highest BCUT2D eigenvalue weighted by Crippen LogP contribution is 2.32. The second-order valence-corrected chi connectivity index (χ2v) is 6.47. The van der Waals surface area contributed by atoms with Crippen LogP contribution in [0.5, 0.6) is 5.75 Å². The molecule has 0 N–H and O–H groups in total. The molecular formula is C19H20ClNO2. The largest absolute Gasteiger partial charge is 0.481 e. The number of carbonyl (C=O) groups is 1. The summed E-state index contributed by atoms with van der Waals surface area (Å²) < 4.78 is 5.84. The van der Waals surface area contributed by atoms with Gasteiger partial charge in [-0.2, -0.15) is 0 Å². The van der Waals surface area contributed by atoms with Crippen LogP contribution in [0.3, 0.4) is 0 Å². The molecule has 0 radical (unpaired) electrons. The number of carbonyl (C=O) groups excluding carboxylic acids is 1. The van der Waals surface area contributed by atoms with E-state index in [1.807, 2.05) is 36.1 Å². The first-order valence-electron chi connectivity index (χ1n) is 7.81. The molecule has 120 valence electrons. The average molecular weight is 330 g/mol. The maximum atomic E-state index is 12.8. The predicted octanol–water partition coefficient (Wildman–Crippen LogP) is 4.39. The molecule has 0 saturated carbocycles. The molecule has 1 heterocycles. The Labute approximate surface area is 141 Å². The zero-order chi connectivity index (χ0) is 16.6. The molecule has 2 aromatic rings. The predicted molar refractivity (Wildman–Crippen MR) is 93.4 cm³/mol. The monoisotopic (exact) mass is 329 g/mol. The highest BCUT2D eigenvalue weighted by molar-refractivity contribution is 6.31. The fraction of sp³-hybridized carbons (Fsp3) is 0.316. The van der Waals surface area contributed by atoms with Gasteiger partial charge in [0.05, 0.1) is 0 Å². The Morgan fingerprint density at radius 2 is 2.04 bits per heavy atom. The summed E-state index contributed by atoms with van der Waals surface area (Å²) in [7, 11) is 0. The molecule has 0 aliphatic carbocycles. The third kappa shape index (κ3) is 3.06. The molecule has 0 fully saturated rings. The lowest BCUT2D eigenvalue weighted by Crippen LogP contribution is -2.43.